The van der Waals surface area contributed by atoms with Crippen LogP contribution in [0, 0.1) is 0 Å². The molecule has 158 valence electrons. The molecule has 0 aliphatic rings. The molecule has 0 aliphatic carbocycles. The van der Waals surface area contributed by atoms with E-state index in [1.165, 1.54) is 0 Å². The Kier molecular flexibility index (Phi) is 6.77. The summed E-state index contributed by atoms with van der Waals surface area (Å²) in [6.07, 6.45) is 0. The Bertz CT molecular complexity index is 1230. The van der Waals surface area contributed by atoms with Crippen LogP contribution in [0.15, 0.2) is 53.9 Å². The van der Waals surface area contributed by atoms with Gasteiger partial charge in [0.15, 0.2) is 5.82 Å². The lowest BCUT2D eigenvalue weighted by Crippen LogP contribution is -2.32. The molecule has 2 heterocycles. The minimum Gasteiger partial charge on any atom is -0.368 e. The summed E-state index contributed by atoms with van der Waals surface area (Å²) in [5.74, 6) is 1.29. The van der Waals surface area contributed by atoms with E-state index in [4.69, 9.17) is 34.8 Å². The van der Waals surface area contributed by atoms with Gasteiger partial charge in [0, 0.05) is 28.5 Å². The first-order valence-electron chi connectivity index (χ1n) is 9.24. The average molecular weight is 493 g/mol. The highest BCUT2D eigenvalue weighted by molar-refractivity contribution is 7.13. The van der Waals surface area contributed by atoms with Gasteiger partial charge < -0.3 is 16.0 Å². The minimum absolute atomic E-state index is 0.366. The number of urea groups is 1. The largest absolute Gasteiger partial charge is 0.368 e. The molecule has 4 aromatic rings. The minimum atomic E-state index is -0.371. The van der Waals surface area contributed by atoms with Crippen LogP contribution < -0.4 is 16.0 Å². The highest BCUT2D eigenvalue weighted by Gasteiger charge is 2.11. The van der Waals surface area contributed by atoms with E-state index in [0.29, 0.717) is 45.5 Å². The number of carbonyl (C=O) groups excluding carboxylic acids is 1. The zero-order chi connectivity index (χ0) is 21.8. The molecule has 0 fully saturated rings. The van der Waals surface area contributed by atoms with Gasteiger partial charge >= 0.3 is 6.03 Å². The molecule has 2 aromatic heterocycles. The van der Waals surface area contributed by atoms with Crippen LogP contribution in [-0.2, 0) is 0 Å². The van der Waals surface area contributed by atoms with E-state index < -0.39 is 0 Å². The first kappa shape index (κ1) is 21.6. The SMILES string of the molecule is O=C(NCCNc1nc(-c2cccs2)nc2cc(Cl)ccc12)Nc1ccc(Cl)cc1Cl. The number of anilines is 2. The Morgan fingerprint density at radius 3 is 2.55 bits per heavy atom. The summed E-state index contributed by atoms with van der Waals surface area (Å²) in [7, 11) is 0. The third-order valence-electron chi connectivity index (χ3n) is 4.28. The van der Waals surface area contributed by atoms with Gasteiger partial charge in [0.05, 0.1) is 21.1 Å². The molecule has 3 N–H and O–H groups in total. The molecule has 0 spiro atoms. The van der Waals surface area contributed by atoms with Crippen molar-refractivity contribution >= 4 is 74.6 Å². The molecule has 10 heteroatoms. The van der Waals surface area contributed by atoms with Gasteiger partial charge in [-0.1, -0.05) is 40.9 Å². The van der Waals surface area contributed by atoms with E-state index in [0.717, 1.165) is 15.8 Å². The zero-order valence-corrected chi connectivity index (χ0v) is 19.0. The van der Waals surface area contributed by atoms with Crippen molar-refractivity contribution < 1.29 is 4.79 Å². The molecule has 0 atom stereocenters. The summed E-state index contributed by atoms with van der Waals surface area (Å²) in [5.41, 5.74) is 1.23. The molecule has 0 saturated carbocycles. The summed E-state index contributed by atoms with van der Waals surface area (Å²) < 4.78 is 0. The number of benzene rings is 2. The van der Waals surface area contributed by atoms with Crippen molar-refractivity contribution in [3.63, 3.8) is 0 Å². The number of halogens is 3. The lowest BCUT2D eigenvalue weighted by atomic mass is 10.2. The molecule has 0 unspecified atom stereocenters. The van der Waals surface area contributed by atoms with E-state index in [9.17, 15) is 4.79 Å². The predicted octanol–water partition coefficient (Wildman–Crippen LogP) is 6.55. The maximum Gasteiger partial charge on any atom is 0.319 e. The van der Waals surface area contributed by atoms with Crippen LogP contribution >= 0.6 is 46.1 Å². The third-order valence-corrected chi connectivity index (χ3v) is 5.93. The second-order valence-corrected chi connectivity index (χ2v) is 8.69. The van der Waals surface area contributed by atoms with Gasteiger partial charge in [-0.3, -0.25) is 0 Å². The normalized spacial score (nSPS) is 10.8. The number of thiophene rings is 1. The predicted molar refractivity (Wildman–Crippen MR) is 130 cm³/mol. The van der Waals surface area contributed by atoms with Crippen LogP contribution in [0.25, 0.3) is 21.6 Å². The Hall–Kier alpha value is -2.58. The van der Waals surface area contributed by atoms with Crippen molar-refractivity contribution in [2.75, 3.05) is 23.7 Å². The topological polar surface area (TPSA) is 78.9 Å². The van der Waals surface area contributed by atoms with Crippen molar-refractivity contribution in [3.8, 4) is 10.7 Å². The molecule has 0 radical (unpaired) electrons. The van der Waals surface area contributed by atoms with Crippen LogP contribution in [0.5, 0.6) is 0 Å². The number of fused-ring (bicyclic) bond motifs is 1. The molecule has 0 bridgehead atoms. The van der Waals surface area contributed by atoms with Crippen LogP contribution in [0.1, 0.15) is 0 Å². The number of hydrogen-bond acceptors (Lipinski definition) is 5. The molecule has 2 aromatic carbocycles. The van der Waals surface area contributed by atoms with Crippen molar-refractivity contribution in [2.24, 2.45) is 0 Å². The van der Waals surface area contributed by atoms with E-state index in [1.807, 2.05) is 29.6 Å². The Balaban J connectivity index is 1.42. The second-order valence-electron chi connectivity index (χ2n) is 6.47. The Morgan fingerprint density at radius 2 is 1.77 bits per heavy atom. The standard InChI is InChI=1S/C21H16Cl3N5OS/c22-12-4-6-16(15(24)10-12)28-21(30)26-8-7-25-19-14-5-3-13(23)11-17(14)27-20(29-19)18-2-1-9-31-18/h1-6,9-11H,7-8H2,(H,25,27,29)(H2,26,28,30). The van der Waals surface area contributed by atoms with Crippen molar-refractivity contribution in [3.05, 3.63) is 69.0 Å². The number of aromatic nitrogens is 2. The number of hydrogen-bond donors (Lipinski definition) is 3. The highest BCUT2D eigenvalue weighted by Crippen LogP contribution is 2.29. The Labute approximate surface area is 197 Å². The second kappa shape index (κ2) is 9.70. The average Bonchev–Trinajstić information content (AvgIpc) is 3.27. The van der Waals surface area contributed by atoms with Crippen molar-refractivity contribution in [1.29, 1.82) is 0 Å². The van der Waals surface area contributed by atoms with Gasteiger partial charge in [0.1, 0.15) is 5.82 Å². The fraction of sp³-hybridized carbons (Fsp3) is 0.0952. The smallest absolute Gasteiger partial charge is 0.319 e. The Morgan fingerprint density at radius 1 is 0.968 bits per heavy atom. The van der Waals surface area contributed by atoms with E-state index in [1.54, 1.807) is 35.6 Å². The molecule has 0 saturated heterocycles. The number of amides is 2. The maximum absolute atomic E-state index is 12.1. The fourth-order valence-electron chi connectivity index (χ4n) is 2.87. The number of rotatable bonds is 6. The monoisotopic (exact) mass is 491 g/mol. The molecular formula is C21H16Cl3N5OS. The van der Waals surface area contributed by atoms with Gasteiger partial charge in [-0.05, 0) is 47.8 Å². The quantitative estimate of drug-likeness (QED) is 0.267. The summed E-state index contributed by atoms with van der Waals surface area (Å²) in [6, 6.07) is 13.9. The molecule has 6 nitrogen and oxygen atoms in total. The van der Waals surface area contributed by atoms with Gasteiger partial charge in [-0.25, -0.2) is 14.8 Å². The summed E-state index contributed by atoms with van der Waals surface area (Å²) >= 11 is 19.7. The first-order valence-corrected chi connectivity index (χ1v) is 11.3. The van der Waals surface area contributed by atoms with E-state index in [2.05, 4.69) is 25.9 Å². The lowest BCUT2D eigenvalue weighted by Gasteiger charge is -2.12. The van der Waals surface area contributed by atoms with Gasteiger partial charge in [-0.2, -0.15) is 0 Å². The summed E-state index contributed by atoms with van der Waals surface area (Å²) in [6.45, 7) is 0.824. The van der Waals surface area contributed by atoms with Gasteiger partial charge in [0.25, 0.3) is 0 Å². The van der Waals surface area contributed by atoms with Crippen LogP contribution in [-0.4, -0.2) is 29.1 Å². The van der Waals surface area contributed by atoms with Crippen LogP contribution in [0.3, 0.4) is 0 Å². The molecule has 31 heavy (non-hydrogen) atoms. The van der Waals surface area contributed by atoms with Crippen molar-refractivity contribution in [1.82, 2.24) is 15.3 Å². The lowest BCUT2D eigenvalue weighted by molar-refractivity contribution is 0.252. The van der Waals surface area contributed by atoms with Gasteiger partial charge in [0.2, 0.25) is 0 Å². The zero-order valence-electron chi connectivity index (χ0n) is 16.0. The molecule has 2 amide bonds. The third kappa shape index (κ3) is 5.37. The van der Waals surface area contributed by atoms with E-state index in [-0.39, 0.29) is 6.03 Å². The number of nitrogens with one attached hydrogen (secondary N) is 3. The maximum atomic E-state index is 12.1. The van der Waals surface area contributed by atoms with E-state index >= 15 is 0 Å². The number of nitrogens with zero attached hydrogens (tertiary/aromatic N) is 2. The summed E-state index contributed by atoms with van der Waals surface area (Å²) in [5, 5.41) is 13.0. The highest BCUT2D eigenvalue weighted by atomic mass is 35.5. The van der Waals surface area contributed by atoms with Gasteiger partial charge in [-0.15, -0.1) is 11.3 Å². The molecule has 0 aliphatic heterocycles. The summed E-state index contributed by atoms with van der Waals surface area (Å²) in [4.78, 5) is 22.4. The molecular weight excluding hydrogens is 477 g/mol. The number of carbonyl (C=O) groups is 1. The van der Waals surface area contributed by atoms with Crippen LogP contribution in [0.4, 0.5) is 16.3 Å². The van der Waals surface area contributed by atoms with Crippen molar-refractivity contribution in [2.45, 2.75) is 0 Å². The first-order chi connectivity index (χ1) is 15.0. The fourth-order valence-corrected chi connectivity index (χ4v) is 4.15. The van der Waals surface area contributed by atoms with Crippen LogP contribution in [0.2, 0.25) is 15.1 Å². The molecule has 4 rings (SSSR count).